The van der Waals surface area contributed by atoms with Crippen molar-refractivity contribution in [3.63, 3.8) is 0 Å². The zero-order chi connectivity index (χ0) is 14.7. The fraction of sp³-hybridized carbons (Fsp3) is 0.308. The minimum Gasteiger partial charge on any atom is -0.290 e. The molecule has 7 heteroatoms. The van der Waals surface area contributed by atoms with Gasteiger partial charge in [-0.25, -0.2) is 10.5 Å². The summed E-state index contributed by atoms with van der Waals surface area (Å²) in [6, 6.07) is 5.26. The van der Waals surface area contributed by atoms with Gasteiger partial charge in [0.15, 0.2) is 0 Å². The van der Waals surface area contributed by atoms with E-state index in [9.17, 15) is 9.59 Å². The first-order chi connectivity index (χ1) is 9.52. The van der Waals surface area contributed by atoms with Crippen LogP contribution in [0.15, 0.2) is 28.4 Å². The Hall–Kier alpha value is -1.99. The van der Waals surface area contributed by atoms with Gasteiger partial charge in [0.2, 0.25) is 0 Å². The van der Waals surface area contributed by atoms with Gasteiger partial charge >= 0.3 is 0 Å². The standard InChI is InChI=1S/C13H16N4O2S/c1-8(2)7-17-13(19)9(12(18)15-14)6-10(16-17)11-4-3-5-20-11/h3-6,8H,7,14H2,1-2H3,(H,15,18). The lowest BCUT2D eigenvalue weighted by atomic mass is 10.2. The van der Waals surface area contributed by atoms with Crippen LogP contribution >= 0.6 is 11.3 Å². The number of nitrogen functional groups attached to an aromatic ring is 1. The van der Waals surface area contributed by atoms with E-state index in [1.165, 1.54) is 22.1 Å². The molecule has 0 aliphatic carbocycles. The molecule has 0 aliphatic heterocycles. The highest BCUT2D eigenvalue weighted by atomic mass is 32.1. The third-order valence-corrected chi connectivity index (χ3v) is 3.55. The lowest BCUT2D eigenvalue weighted by molar-refractivity contribution is 0.0951. The molecular formula is C13H16N4O2S. The number of thiophene rings is 1. The van der Waals surface area contributed by atoms with Gasteiger partial charge in [0, 0.05) is 6.54 Å². The third kappa shape index (κ3) is 2.94. The maximum atomic E-state index is 12.2. The van der Waals surface area contributed by atoms with Gasteiger partial charge < -0.3 is 0 Å². The summed E-state index contributed by atoms with van der Waals surface area (Å²) in [7, 11) is 0. The molecule has 0 bridgehead atoms. The van der Waals surface area contributed by atoms with Crippen LogP contribution in [-0.2, 0) is 6.54 Å². The zero-order valence-electron chi connectivity index (χ0n) is 11.3. The van der Waals surface area contributed by atoms with Gasteiger partial charge in [-0.15, -0.1) is 11.3 Å². The van der Waals surface area contributed by atoms with E-state index < -0.39 is 11.5 Å². The molecule has 0 aromatic carbocycles. The highest BCUT2D eigenvalue weighted by Gasteiger charge is 2.16. The molecule has 0 spiro atoms. The van der Waals surface area contributed by atoms with Crippen molar-refractivity contribution in [3.05, 3.63) is 39.5 Å². The van der Waals surface area contributed by atoms with E-state index in [1.807, 2.05) is 36.8 Å². The molecule has 0 atom stereocenters. The highest BCUT2D eigenvalue weighted by Crippen LogP contribution is 2.22. The summed E-state index contributed by atoms with van der Waals surface area (Å²) in [4.78, 5) is 24.8. The Labute approximate surface area is 120 Å². The van der Waals surface area contributed by atoms with Gasteiger partial charge in [-0.3, -0.25) is 15.0 Å². The predicted octanol–water partition coefficient (Wildman–Crippen LogP) is 1.23. The molecule has 2 heterocycles. The number of nitrogens with zero attached hydrogens (tertiary/aromatic N) is 2. The maximum Gasteiger partial charge on any atom is 0.279 e. The fourth-order valence-corrected chi connectivity index (χ4v) is 2.48. The monoisotopic (exact) mass is 292 g/mol. The van der Waals surface area contributed by atoms with Crippen molar-refractivity contribution in [3.8, 4) is 10.6 Å². The summed E-state index contributed by atoms with van der Waals surface area (Å²) in [6.45, 7) is 4.41. The van der Waals surface area contributed by atoms with E-state index in [4.69, 9.17) is 5.84 Å². The van der Waals surface area contributed by atoms with Crippen LogP contribution in [0.1, 0.15) is 24.2 Å². The molecule has 0 saturated carbocycles. The summed E-state index contributed by atoms with van der Waals surface area (Å²) in [6.07, 6.45) is 0. The van der Waals surface area contributed by atoms with Crippen LogP contribution in [0.2, 0.25) is 0 Å². The first kappa shape index (κ1) is 14.4. The zero-order valence-corrected chi connectivity index (χ0v) is 12.1. The second-order valence-corrected chi connectivity index (χ2v) is 5.72. The Morgan fingerprint density at radius 3 is 2.85 bits per heavy atom. The molecule has 0 fully saturated rings. The number of rotatable bonds is 4. The van der Waals surface area contributed by atoms with E-state index in [0.29, 0.717) is 12.2 Å². The van der Waals surface area contributed by atoms with E-state index >= 15 is 0 Å². The lowest BCUT2D eigenvalue weighted by Gasteiger charge is -2.11. The van der Waals surface area contributed by atoms with Crippen LogP contribution in [-0.4, -0.2) is 15.7 Å². The summed E-state index contributed by atoms with van der Waals surface area (Å²) < 4.78 is 1.32. The second-order valence-electron chi connectivity index (χ2n) is 4.78. The van der Waals surface area contributed by atoms with Crippen molar-refractivity contribution in [1.82, 2.24) is 15.2 Å². The van der Waals surface area contributed by atoms with Gasteiger partial charge in [0.05, 0.1) is 4.88 Å². The average Bonchev–Trinajstić information content (AvgIpc) is 2.93. The molecule has 2 aromatic rings. The van der Waals surface area contributed by atoms with Crippen LogP contribution in [0.25, 0.3) is 10.6 Å². The van der Waals surface area contributed by atoms with E-state index in [0.717, 1.165) is 4.88 Å². The Bertz CT molecular complexity index is 662. The summed E-state index contributed by atoms with van der Waals surface area (Å²) >= 11 is 1.50. The number of hydrogen-bond acceptors (Lipinski definition) is 5. The number of amides is 1. The molecule has 0 aliphatic rings. The van der Waals surface area contributed by atoms with E-state index in [2.05, 4.69) is 5.10 Å². The van der Waals surface area contributed by atoms with E-state index in [-0.39, 0.29) is 11.5 Å². The van der Waals surface area contributed by atoms with E-state index in [1.54, 1.807) is 0 Å². The number of carbonyl (C=O) groups excluding carboxylic acids is 1. The van der Waals surface area contributed by atoms with Crippen molar-refractivity contribution in [2.45, 2.75) is 20.4 Å². The molecule has 2 aromatic heterocycles. The number of hydrogen-bond donors (Lipinski definition) is 2. The van der Waals surface area contributed by atoms with Gasteiger partial charge in [0.25, 0.3) is 11.5 Å². The van der Waals surface area contributed by atoms with Crippen LogP contribution in [0, 0.1) is 5.92 Å². The number of aromatic nitrogens is 2. The summed E-state index contributed by atoms with van der Waals surface area (Å²) in [5.74, 6) is 4.77. The fourth-order valence-electron chi connectivity index (χ4n) is 1.80. The lowest BCUT2D eigenvalue weighted by Crippen LogP contribution is -2.38. The average molecular weight is 292 g/mol. The molecule has 1 amide bonds. The van der Waals surface area contributed by atoms with Crippen molar-refractivity contribution in [2.75, 3.05) is 0 Å². The minimum atomic E-state index is -0.604. The normalized spacial score (nSPS) is 10.8. The summed E-state index contributed by atoms with van der Waals surface area (Å²) in [5.41, 5.74) is 2.17. The van der Waals surface area contributed by atoms with Crippen LogP contribution in [0.3, 0.4) is 0 Å². The topological polar surface area (TPSA) is 90.0 Å². The first-order valence-corrected chi connectivity index (χ1v) is 7.08. The van der Waals surface area contributed by atoms with Gasteiger partial charge in [-0.2, -0.15) is 5.10 Å². The smallest absolute Gasteiger partial charge is 0.279 e. The Morgan fingerprint density at radius 2 is 2.30 bits per heavy atom. The number of hydrazine groups is 1. The van der Waals surface area contributed by atoms with Crippen LogP contribution < -0.4 is 16.8 Å². The van der Waals surface area contributed by atoms with Crippen LogP contribution in [0.4, 0.5) is 0 Å². The van der Waals surface area contributed by atoms with Gasteiger partial charge in [0.1, 0.15) is 11.3 Å². The Balaban J connectivity index is 2.60. The maximum absolute atomic E-state index is 12.2. The molecule has 20 heavy (non-hydrogen) atoms. The Morgan fingerprint density at radius 1 is 1.55 bits per heavy atom. The summed E-state index contributed by atoms with van der Waals surface area (Å²) in [5, 5.41) is 6.24. The number of nitrogens with one attached hydrogen (secondary N) is 1. The SMILES string of the molecule is CC(C)Cn1nc(-c2cccs2)cc(C(=O)NN)c1=O. The molecule has 6 nitrogen and oxygen atoms in total. The largest absolute Gasteiger partial charge is 0.290 e. The first-order valence-electron chi connectivity index (χ1n) is 6.20. The molecule has 106 valence electrons. The molecule has 3 N–H and O–H groups in total. The van der Waals surface area contributed by atoms with Crippen molar-refractivity contribution < 1.29 is 4.79 Å². The molecule has 0 radical (unpaired) electrons. The van der Waals surface area contributed by atoms with Crippen molar-refractivity contribution in [1.29, 1.82) is 0 Å². The quantitative estimate of drug-likeness (QED) is 0.504. The van der Waals surface area contributed by atoms with Crippen molar-refractivity contribution in [2.24, 2.45) is 11.8 Å². The highest BCUT2D eigenvalue weighted by molar-refractivity contribution is 7.13. The van der Waals surface area contributed by atoms with Crippen molar-refractivity contribution >= 4 is 17.2 Å². The molecule has 0 unspecified atom stereocenters. The van der Waals surface area contributed by atoms with Gasteiger partial charge in [-0.1, -0.05) is 19.9 Å². The predicted molar refractivity (Wildman–Crippen MR) is 78.3 cm³/mol. The number of nitrogens with two attached hydrogens (primary N) is 1. The second kappa shape index (κ2) is 5.98. The number of carbonyl (C=O) groups is 1. The third-order valence-electron chi connectivity index (χ3n) is 2.66. The molecular weight excluding hydrogens is 276 g/mol. The molecule has 2 rings (SSSR count). The minimum absolute atomic E-state index is 0.00606. The van der Waals surface area contributed by atoms with Gasteiger partial charge in [-0.05, 0) is 23.4 Å². The van der Waals surface area contributed by atoms with Crippen LogP contribution in [0.5, 0.6) is 0 Å². The molecule has 0 saturated heterocycles. The Kier molecular flexibility index (Phi) is 4.31.